The molecule has 1 heterocycles. The molecule has 0 spiro atoms. The minimum Gasteiger partial charge on any atom is -0.433 e. The van der Waals surface area contributed by atoms with E-state index in [1.807, 2.05) is 0 Å². The molecule has 0 radical (unpaired) electrons. The fraction of sp³-hybridized carbons (Fsp3) is 0.800. The fourth-order valence-corrected chi connectivity index (χ4v) is 0.996. The Hall–Kier alpha value is -0.320. The number of hydrogen-bond acceptors (Lipinski definition) is 3. The van der Waals surface area contributed by atoms with Crippen molar-refractivity contribution in [2.45, 2.75) is 19.1 Å². The van der Waals surface area contributed by atoms with Crippen LogP contribution in [0.4, 0.5) is 8.78 Å². The van der Waals surface area contributed by atoms with E-state index in [9.17, 15) is 8.78 Å². The summed E-state index contributed by atoms with van der Waals surface area (Å²) in [6.07, 6.45) is -0.303. The highest BCUT2D eigenvalue weighted by atomic mass is 32.2. The number of alkyl halides is 2. The van der Waals surface area contributed by atoms with E-state index in [0.717, 1.165) is 18.7 Å². The van der Waals surface area contributed by atoms with Crippen LogP contribution in [0.1, 0.15) is 6.92 Å². The molecule has 0 bridgehead atoms. The summed E-state index contributed by atoms with van der Waals surface area (Å²) in [5.41, 5.74) is 0. The van der Waals surface area contributed by atoms with E-state index in [1.165, 1.54) is 0 Å². The van der Waals surface area contributed by atoms with Crippen LogP contribution in [0.3, 0.4) is 0 Å². The zero-order chi connectivity index (χ0) is 7.78. The van der Waals surface area contributed by atoms with Crippen molar-refractivity contribution in [2.75, 3.05) is 6.26 Å². The van der Waals surface area contributed by atoms with E-state index < -0.39 is 12.2 Å². The van der Waals surface area contributed by atoms with Gasteiger partial charge in [0, 0.05) is 0 Å². The number of ether oxygens (including phenoxy) is 1. The van der Waals surface area contributed by atoms with Crippen molar-refractivity contribution in [3.8, 4) is 0 Å². The van der Waals surface area contributed by atoms with Gasteiger partial charge in [0.1, 0.15) is 0 Å². The van der Waals surface area contributed by atoms with Crippen molar-refractivity contribution in [1.29, 1.82) is 0 Å². The fourth-order valence-electron chi connectivity index (χ4n) is 0.545. The molecule has 0 saturated carbocycles. The van der Waals surface area contributed by atoms with Crippen molar-refractivity contribution >= 4 is 17.0 Å². The van der Waals surface area contributed by atoms with Crippen LogP contribution in [0, 0.1) is 0 Å². The highest BCUT2D eigenvalue weighted by Crippen LogP contribution is 2.30. The molecule has 1 aliphatic heterocycles. The summed E-state index contributed by atoms with van der Waals surface area (Å²) < 4.78 is 29.6. The highest BCUT2D eigenvalue weighted by Gasteiger charge is 2.42. The zero-order valence-corrected chi connectivity index (χ0v) is 6.41. The monoisotopic (exact) mass is 167 g/mol. The van der Waals surface area contributed by atoms with Crippen LogP contribution < -0.4 is 0 Å². The molecule has 2 atom stereocenters. The molecular weight excluding hydrogens is 160 g/mol. The number of thioether (sulfide) groups is 1. The number of aliphatic imine (C=N–C) groups is 1. The zero-order valence-electron chi connectivity index (χ0n) is 5.60. The van der Waals surface area contributed by atoms with Gasteiger partial charge in [0.25, 0.3) is 17.4 Å². The van der Waals surface area contributed by atoms with Crippen molar-refractivity contribution in [3.05, 3.63) is 0 Å². The molecule has 0 aliphatic carbocycles. The third-order valence-electron chi connectivity index (χ3n) is 1.10. The van der Waals surface area contributed by atoms with E-state index in [1.54, 1.807) is 6.26 Å². The second kappa shape index (κ2) is 2.38. The molecular formula is C5H7F2NOS. The number of rotatable bonds is 0. The van der Waals surface area contributed by atoms with Gasteiger partial charge in [-0.1, -0.05) is 11.8 Å². The maximum absolute atomic E-state index is 12.7. The van der Waals surface area contributed by atoms with Gasteiger partial charge in [-0.05, 0) is 13.2 Å². The van der Waals surface area contributed by atoms with Crippen LogP contribution in [0.25, 0.3) is 0 Å². The van der Waals surface area contributed by atoms with Crippen LogP contribution in [0.15, 0.2) is 4.99 Å². The van der Waals surface area contributed by atoms with Gasteiger partial charge in [0.05, 0.1) is 0 Å². The summed E-state index contributed by atoms with van der Waals surface area (Å²) in [5, 5.41) is 0.0671. The Kier molecular flexibility index (Phi) is 1.85. The molecule has 5 heteroatoms. The topological polar surface area (TPSA) is 21.6 Å². The van der Waals surface area contributed by atoms with Gasteiger partial charge >= 0.3 is 0 Å². The summed E-state index contributed by atoms with van der Waals surface area (Å²) in [4.78, 5) is 3.34. The summed E-state index contributed by atoms with van der Waals surface area (Å²) >= 11 is 1.09. The largest absolute Gasteiger partial charge is 0.433 e. The lowest BCUT2D eigenvalue weighted by Gasteiger charge is -2.09. The van der Waals surface area contributed by atoms with Gasteiger partial charge in [-0.2, -0.15) is 9.38 Å². The van der Waals surface area contributed by atoms with E-state index in [-0.39, 0.29) is 5.23 Å². The molecule has 0 N–H and O–H groups in total. The molecule has 0 fully saturated rings. The Morgan fingerprint density at radius 1 is 1.80 bits per heavy atom. The number of nitrogens with zero attached hydrogens (tertiary/aromatic N) is 1. The quantitative estimate of drug-likeness (QED) is 0.512. The number of halogens is 2. The van der Waals surface area contributed by atoms with Crippen LogP contribution in [-0.4, -0.2) is 23.6 Å². The summed E-state index contributed by atoms with van der Waals surface area (Å²) in [5.74, 6) is -2.20. The van der Waals surface area contributed by atoms with Gasteiger partial charge in [-0.3, -0.25) is 0 Å². The Morgan fingerprint density at radius 2 is 2.40 bits per heavy atom. The van der Waals surface area contributed by atoms with E-state index in [4.69, 9.17) is 0 Å². The molecule has 10 heavy (non-hydrogen) atoms. The van der Waals surface area contributed by atoms with Crippen molar-refractivity contribution in [3.63, 3.8) is 0 Å². The second-order valence-electron chi connectivity index (χ2n) is 2.04. The Bertz CT molecular complexity index is 171. The Balaban J connectivity index is 2.71. The van der Waals surface area contributed by atoms with Crippen LogP contribution in [0.5, 0.6) is 0 Å². The molecule has 1 rings (SSSR count). The minimum absolute atomic E-state index is 0.0671. The van der Waals surface area contributed by atoms with Gasteiger partial charge < -0.3 is 4.74 Å². The van der Waals surface area contributed by atoms with Gasteiger partial charge in [-0.25, -0.2) is 4.39 Å². The maximum Gasteiger partial charge on any atom is 0.294 e. The molecule has 2 unspecified atom stereocenters. The Morgan fingerprint density at radius 3 is 2.60 bits per heavy atom. The standard InChI is InChI=1S/C5H7F2NOS/c1-5(7)3(6)9-4(8-5)10-2/h3H,1-2H3. The van der Waals surface area contributed by atoms with Crippen LogP contribution >= 0.6 is 11.8 Å². The molecule has 0 amide bonds. The SMILES string of the molecule is CSC1=NC(C)(F)C(F)O1. The average Bonchev–Trinajstić information content (AvgIpc) is 2.08. The second-order valence-corrected chi connectivity index (χ2v) is 2.80. The molecule has 0 aromatic carbocycles. The maximum atomic E-state index is 12.7. The van der Waals surface area contributed by atoms with Crippen molar-refractivity contribution in [1.82, 2.24) is 0 Å². The summed E-state index contributed by atoms with van der Waals surface area (Å²) in [6.45, 7) is 1.04. The lowest BCUT2D eigenvalue weighted by molar-refractivity contribution is -0.0397. The summed E-state index contributed by atoms with van der Waals surface area (Å²) in [7, 11) is 0. The summed E-state index contributed by atoms with van der Waals surface area (Å²) in [6, 6.07) is 0. The van der Waals surface area contributed by atoms with E-state index >= 15 is 0 Å². The lowest BCUT2D eigenvalue weighted by atomic mass is 10.3. The smallest absolute Gasteiger partial charge is 0.294 e. The van der Waals surface area contributed by atoms with Crippen LogP contribution in [0.2, 0.25) is 0 Å². The lowest BCUT2D eigenvalue weighted by Crippen LogP contribution is -2.25. The third kappa shape index (κ3) is 1.23. The minimum atomic E-state index is -2.20. The highest BCUT2D eigenvalue weighted by molar-refractivity contribution is 8.12. The molecule has 58 valence electrons. The Labute approximate surface area is 61.7 Å². The molecule has 0 aromatic heterocycles. The molecule has 1 aliphatic rings. The van der Waals surface area contributed by atoms with Gasteiger partial charge in [0.2, 0.25) is 0 Å². The van der Waals surface area contributed by atoms with Crippen molar-refractivity contribution in [2.24, 2.45) is 4.99 Å². The van der Waals surface area contributed by atoms with Crippen molar-refractivity contribution < 1.29 is 13.5 Å². The first kappa shape index (κ1) is 7.78. The molecule has 2 nitrogen and oxygen atoms in total. The van der Waals surface area contributed by atoms with Gasteiger partial charge in [0.15, 0.2) is 0 Å². The normalized spacial score (nSPS) is 39.2. The number of hydrogen-bond donors (Lipinski definition) is 0. The predicted molar refractivity (Wildman–Crippen MR) is 36.4 cm³/mol. The average molecular weight is 167 g/mol. The molecule has 0 aromatic rings. The third-order valence-corrected chi connectivity index (χ3v) is 1.64. The first-order chi connectivity index (χ1) is 4.56. The van der Waals surface area contributed by atoms with E-state index in [0.29, 0.717) is 0 Å². The van der Waals surface area contributed by atoms with Crippen LogP contribution in [-0.2, 0) is 4.74 Å². The van der Waals surface area contributed by atoms with E-state index in [2.05, 4.69) is 9.73 Å². The first-order valence-corrected chi connectivity index (χ1v) is 3.92. The molecule has 0 saturated heterocycles. The predicted octanol–water partition coefficient (Wildman–Crippen LogP) is 1.72. The van der Waals surface area contributed by atoms with Gasteiger partial charge in [-0.15, -0.1) is 0 Å². The first-order valence-electron chi connectivity index (χ1n) is 2.70.